The minimum Gasteiger partial charge on any atom is -0.487 e. The van der Waals surface area contributed by atoms with Gasteiger partial charge in [0.2, 0.25) is 5.91 Å². The van der Waals surface area contributed by atoms with Crippen molar-refractivity contribution in [3.8, 4) is 16.9 Å². The lowest BCUT2D eigenvalue weighted by molar-refractivity contribution is -0.116. The quantitative estimate of drug-likeness (QED) is 0.467. The topological polar surface area (TPSA) is 53.1 Å². The highest BCUT2D eigenvalue weighted by atomic mass is 16.5. The van der Waals surface area contributed by atoms with E-state index in [0.717, 1.165) is 91.1 Å². The number of hydrogen-bond donors (Lipinski definition) is 0. The number of hydrogen-bond acceptors (Lipinski definition) is 4. The molecule has 6 nitrogen and oxygen atoms in total. The summed E-state index contributed by atoms with van der Waals surface area (Å²) in [4.78, 5) is 31.8. The van der Waals surface area contributed by atoms with Crippen LogP contribution in [0.5, 0.6) is 5.75 Å². The number of benzene rings is 3. The van der Waals surface area contributed by atoms with Gasteiger partial charge in [0.15, 0.2) is 0 Å². The Kier molecular flexibility index (Phi) is 5.60. The van der Waals surface area contributed by atoms with Crippen LogP contribution in [0, 0.1) is 6.92 Å². The lowest BCUT2D eigenvalue weighted by Crippen LogP contribution is -2.45. The summed E-state index contributed by atoms with van der Waals surface area (Å²) in [6, 6.07) is 16.8. The number of rotatable bonds is 2. The molecule has 1 spiro atoms. The molecule has 4 aliphatic rings. The second kappa shape index (κ2) is 8.95. The molecule has 0 saturated carbocycles. The number of carbonyl (C=O) groups is 2. The molecular formula is C33H35N3O3. The van der Waals surface area contributed by atoms with E-state index in [1.807, 2.05) is 21.9 Å². The molecule has 4 aliphatic heterocycles. The Hall–Kier alpha value is -3.64. The van der Waals surface area contributed by atoms with E-state index in [2.05, 4.69) is 55.3 Å². The Morgan fingerprint density at radius 1 is 0.821 bits per heavy atom. The van der Waals surface area contributed by atoms with Gasteiger partial charge in [0.05, 0.1) is 0 Å². The summed E-state index contributed by atoms with van der Waals surface area (Å²) in [5, 5.41) is 0. The summed E-state index contributed by atoms with van der Waals surface area (Å²) in [6.45, 7) is 7.27. The Labute approximate surface area is 230 Å². The molecule has 0 radical (unpaired) electrons. The number of anilines is 2. The van der Waals surface area contributed by atoms with Crippen LogP contribution in [0.2, 0.25) is 0 Å². The van der Waals surface area contributed by atoms with Gasteiger partial charge in [-0.15, -0.1) is 0 Å². The zero-order valence-electron chi connectivity index (χ0n) is 23.0. The predicted octanol–water partition coefficient (Wildman–Crippen LogP) is 5.17. The number of nitrogens with zero attached hydrogens (tertiary/aromatic N) is 3. The van der Waals surface area contributed by atoms with Gasteiger partial charge < -0.3 is 19.4 Å². The fourth-order valence-corrected chi connectivity index (χ4v) is 7.00. The van der Waals surface area contributed by atoms with Gasteiger partial charge in [0, 0.05) is 74.9 Å². The Morgan fingerprint density at radius 3 is 2.31 bits per heavy atom. The van der Waals surface area contributed by atoms with Gasteiger partial charge in [0.1, 0.15) is 11.4 Å². The average molecular weight is 522 g/mol. The third-order valence-corrected chi connectivity index (χ3v) is 9.28. The number of carbonyl (C=O) groups excluding carboxylic acids is 2. The van der Waals surface area contributed by atoms with E-state index in [0.29, 0.717) is 6.54 Å². The van der Waals surface area contributed by atoms with E-state index in [-0.39, 0.29) is 17.4 Å². The van der Waals surface area contributed by atoms with Crippen molar-refractivity contribution in [1.29, 1.82) is 0 Å². The molecule has 7 rings (SSSR count). The molecular weight excluding hydrogens is 486 g/mol. The van der Waals surface area contributed by atoms with Crippen LogP contribution < -0.4 is 14.5 Å². The molecule has 0 atom stereocenters. The van der Waals surface area contributed by atoms with Crippen molar-refractivity contribution >= 4 is 23.2 Å². The molecule has 0 bridgehead atoms. The highest BCUT2D eigenvalue weighted by molar-refractivity contribution is 6.08. The Morgan fingerprint density at radius 2 is 1.56 bits per heavy atom. The summed E-state index contributed by atoms with van der Waals surface area (Å²) in [7, 11) is 2.18. The van der Waals surface area contributed by atoms with Crippen molar-refractivity contribution in [3.05, 3.63) is 76.3 Å². The van der Waals surface area contributed by atoms with Crippen LogP contribution in [0.1, 0.15) is 52.4 Å². The van der Waals surface area contributed by atoms with Crippen molar-refractivity contribution in [2.75, 3.05) is 43.0 Å². The van der Waals surface area contributed by atoms with Gasteiger partial charge in [-0.2, -0.15) is 0 Å². The van der Waals surface area contributed by atoms with E-state index >= 15 is 0 Å². The monoisotopic (exact) mass is 521 g/mol. The number of aryl methyl sites for hydroxylation is 1. The first-order valence-corrected chi connectivity index (χ1v) is 14.2. The Bertz CT molecular complexity index is 1520. The van der Waals surface area contributed by atoms with Crippen LogP contribution in [0.3, 0.4) is 0 Å². The van der Waals surface area contributed by atoms with Crippen molar-refractivity contribution in [2.24, 2.45) is 0 Å². The molecule has 0 unspecified atom stereocenters. The second-order valence-electron chi connectivity index (χ2n) is 11.9. The maximum Gasteiger partial charge on any atom is 0.258 e. The third-order valence-electron chi connectivity index (χ3n) is 9.28. The summed E-state index contributed by atoms with van der Waals surface area (Å²) in [5.41, 5.74) is 9.68. The standard InChI is InChI=1S/C33H35N3O3/c1-21-16-26(4-6-28(21)23-5-7-29-24(17-23)8-12-35(29)22(2)37)32(38)36-13-9-25-19-31-27(18-30(25)36)20-33(39-31)10-14-34(3)15-11-33/h4-7,16-19H,8-15,20H2,1-3H3. The number of likely N-dealkylation sites (tertiary alicyclic amines) is 1. The van der Waals surface area contributed by atoms with Gasteiger partial charge in [-0.1, -0.05) is 12.1 Å². The Balaban J connectivity index is 1.12. The lowest BCUT2D eigenvalue weighted by atomic mass is 9.87. The molecule has 39 heavy (non-hydrogen) atoms. The van der Waals surface area contributed by atoms with E-state index in [4.69, 9.17) is 4.74 Å². The summed E-state index contributed by atoms with van der Waals surface area (Å²) >= 11 is 0. The number of ether oxygens (including phenoxy) is 1. The highest BCUT2D eigenvalue weighted by Gasteiger charge is 2.42. The molecule has 3 aromatic rings. The van der Waals surface area contributed by atoms with Crippen LogP contribution >= 0.6 is 0 Å². The molecule has 6 heteroatoms. The molecule has 3 aromatic carbocycles. The smallest absolute Gasteiger partial charge is 0.258 e. The van der Waals surface area contributed by atoms with E-state index in [1.165, 1.54) is 16.7 Å². The number of piperidine rings is 1. The zero-order chi connectivity index (χ0) is 26.9. The van der Waals surface area contributed by atoms with Gasteiger partial charge >= 0.3 is 0 Å². The molecule has 1 saturated heterocycles. The van der Waals surface area contributed by atoms with Crippen molar-refractivity contribution in [3.63, 3.8) is 0 Å². The highest BCUT2D eigenvalue weighted by Crippen LogP contribution is 2.45. The minimum atomic E-state index is -0.0758. The first-order valence-electron chi connectivity index (χ1n) is 14.2. The minimum absolute atomic E-state index is 0.0577. The maximum absolute atomic E-state index is 13.7. The fraction of sp³-hybridized carbons (Fsp3) is 0.394. The summed E-state index contributed by atoms with van der Waals surface area (Å²) in [6.07, 6.45) is 4.77. The zero-order valence-corrected chi connectivity index (χ0v) is 23.0. The maximum atomic E-state index is 13.7. The van der Waals surface area contributed by atoms with Gasteiger partial charge in [-0.25, -0.2) is 0 Å². The molecule has 0 aromatic heterocycles. The SMILES string of the molecule is CC(=O)N1CCc2cc(-c3ccc(C(=O)N4CCc5cc6c(cc54)CC4(CCN(C)CC4)O6)cc3C)ccc21. The molecule has 0 N–H and O–H groups in total. The molecule has 0 aliphatic carbocycles. The van der Waals surface area contributed by atoms with Crippen LogP contribution in [0.4, 0.5) is 11.4 Å². The van der Waals surface area contributed by atoms with E-state index in [9.17, 15) is 9.59 Å². The fourth-order valence-electron chi connectivity index (χ4n) is 7.00. The largest absolute Gasteiger partial charge is 0.487 e. The van der Waals surface area contributed by atoms with Crippen LogP contribution in [-0.2, 0) is 24.1 Å². The van der Waals surface area contributed by atoms with Crippen molar-refractivity contribution < 1.29 is 14.3 Å². The first-order chi connectivity index (χ1) is 18.8. The molecule has 1 fully saturated rings. The first kappa shape index (κ1) is 24.4. The van der Waals surface area contributed by atoms with Crippen LogP contribution in [0.25, 0.3) is 11.1 Å². The van der Waals surface area contributed by atoms with Crippen LogP contribution in [0.15, 0.2) is 48.5 Å². The van der Waals surface area contributed by atoms with E-state index in [1.54, 1.807) is 6.92 Å². The van der Waals surface area contributed by atoms with Gasteiger partial charge in [-0.05, 0) is 91.0 Å². The summed E-state index contributed by atoms with van der Waals surface area (Å²) < 4.78 is 6.56. The molecule has 4 heterocycles. The second-order valence-corrected chi connectivity index (χ2v) is 11.9. The van der Waals surface area contributed by atoms with Gasteiger partial charge in [-0.3, -0.25) is 9.59 Å². The normalized spacial score (nSPS) is 19.2. The number of amides is 2. The number of fused-ring (bicyclic) bond motifs is 3. The molecule has 2 amide bonds. The van der Waals surface area contributed by atoms with Crippen LogP contribution in [-0.4, -0.2) is 55.5 Å². The average Bonchev–Trinajstić information content (AvgIpc) is 3.63. The third kappa shape index (κ3) is 4.04. The van der Waals surface area contributed by atoms with Crippen molar-refractivity contribution in [1.82, 2.24) is 4.90 Å². The molecule has 200 valence electrons. The lowest BCUT2D eigenvalue weighted by Gasteiger charge is -2.37. The summed E-state index contributed by atoms with van der Waals surface area (Å²) in [5.74, 6) is 1.17. The van der Waals surface area contributed by atoms with Gasteiger partial charge in [0.25, 0.3) is 5.91 Å². The van der Waals surface area contributed by atoms with Crippen molar-refractivity contribution in [2.45, 2.75) is 51.6 Å². The van der Waals surface area contributed by atoms with E-state index < -0.39 is 0 Å². The predicted molar refractivity (Wildman–Crippen MR) is 154 cm³/mol.